The Bertz CT molecular complexity index is 660. The first kappa shape index (κ1) is 21.4. The first-order valence-corrected chi connectivity index (χ1v) is 10.5. The van der Waals surface area contributed by atoms with Crippen LogP contribution in [-0.2, 0) is 14.8 Å². The molecule has 142 valence electrons. The third kappa shape index (κ3) is 6.66. The smallest absolute Gasteiger partial charge is 0.225 e. The van der Waals surface area contributed by atoms with Crippen molar-refractivity contribution in [2.24, 2.45) is 0 Å². The van der Waals surface area contributed by atoms with Crippen molar-refractivity contribution in [3.63, 3.8) is 0 Å². The van der Waals surface area contributed by atoms with Crippen LogP contribution in [0.15, 0.2) is 24.3 Å². The van der Waals surface area contributed by atoms with Crippen LogP contribution in [0.4, 0.5) is 11.4 Å². The summed E-state index contributed by atoms with van der Waals surface area (Å²) in [6, 6.07) is 7.68. The molecule has 0 radical (unpaired) electrons. The second kappa shape index (κ2) is 8.67. The van der Waals surface area contributed by atoms with Gasteiger partial charge in [-0.1, -0.05) is 0 Å². The summed E-state index contributed by atoms with van der Waals surface area (Å²) in [5, 5.41) is 2.82. The molecule has 0 bridgehead atoms. The van der Waals surface area contributed by atoms with E-state index in [1.165, 1.54) is 10.6 Å². The maximum atomic E-state index is 12.2. The largest absolute Gasteiger partial charge is 0.372 e. The lowest BCUT2D eigenvalue weighted by Gasteiger charge is -2.33. The molecule has 0 aliphatic heterocycles. The van der Waals surface area contributed by atoms with Crippen molar-refractivity contribution >= 4 is 27.3 Å². The summed E-state index contributed by atoms with van der Waals surface area (Å²) in [7, 11) is -3.36. The molecule has 0 aromatic heterocycles. The number of hydrogen-bond acceptors (Lipinski definition) is 4. The molecule has 0 spiro atoms. The highest BCUT2D eigenvalue weighted by atomic mass is 32.2. The van der Waals surface area contributed by atoms with E-state index in [9.17, 15) is 13.2 Å². The molecule has 7 heteroatoms. The number of carbonyl (C=O) groups is 1. The molecular formula is C18H31N3O3S. The Balaban J connectivity index is 2.68. The lowest BCUT2D eigenvalue weighted by atomic mass is 10.1. The lowest BCUT2D eigenvalue weighted by molar-refractivity contribution is -0.116. The fourth-order valence-electron chi connectivity index (χ4n) is 2.77. The van der Waals surface area contributed by atoms with Crippen LogP contribution in [0, 0.1) is 0 Å². The zero-order valence-electron chi connectivity index (χ0n) is 16.2. The SMILES string of the molecule is CCN(CC)c1ccc(NC(=O)CCN(C(C)(C)C)S(C)(=O)=O)cc1. The summed E-state index contributed by atoms with van der Waals surface area (Å²) in [6.45, 7) is 11.7. The highest BCUT2D eigenvalue weighted by Crippen LogP contribution is 2.19. The predicted octanol–water partition coefficient (Wildman–Crippen LogP) is 2.92. The van der Waals surface area contributed by atoms with E-state index in [2.05, 4.69) is 24.1 Å². The lowest BCUT2D eigenvalue weighted by Crippen LogP contribution is -2.46. The minimum Gasteiger partial charge on any atom is -0.372 e. The van der Waals surface area contributed by atoms with Gasteiger partial charge in [0.25, 0.3) is 0 Å². The Morgan fingerprint density at radius 3 is 2.00 bits per heavy atom. The molecule has 1 aromatic rings. The van der Waals surface area contributed by atoms with E-state index in [1.807, 2.05) is 45.0 Å². The summed E-state index contributed by atoms with van der Waals surface area (Å²) in [4.78, 5) is 14.4. The van der Waals surface area contributed by atoms with Crippen LogP contribution in [0.2, 0.25) is 0 Å². The standard InChI is InChI=1S/C18H31N3O3S/c1-7-20(8-2)16-11-9-15(10-12-16)19-17(22)13-14-21(18(3,4)5)25(6,23)24/h9-12H,7-8,13-14H2,1-6H3,(H,19,22). The fourth-order valence-corrected chi connectivity index (χ4v) is 4.19. The molecule has 6 nitrogen and oxygen atoms in total. The molecule has 0 atom stereocenters. The van der Waals surface area contributed by atoms with Gasteiger partial charge in [0.15, 0.2) is 0 Å². The molecule has 1 aromatic carbocycles. The van der Waals surface area contributed by atoms with Gasteiger partial charge in [-0.05, 0) is 58.9 Å². The summed E-state index contributed by atoms with van der Waals surface area (Å²) in [6.07, 6.45) is 1.28. The molecule has 0 unspecified atom stereocenters. The van der Waals surface area contributed by atoms with E-state index >= 15 is 0 Å². The van der Waals surface area contributed by atoms with Gasteiger partial charge in [0.05, 0.1) is 6.26 Å². The molecule has 0 saturated carbocycles. The van der Waals surface area contributed by atoms with Gasteiger partial charge in [-0.3, -0.25) is 4.79 Å². The van der Waals surface area contributed by atoms with E-state index in [0.717, 1.165) is 18.8 Å². The van der Waals surface area contributed by atoms with Gasteiger partial charge in [0.2, 0.25) is 15.9 Å². The van der Waals surface area contributed by atoms with E-state index in [0.29, 0.717) is 5.69 Å². The van der Waals surface area contributed by atoms with Crippen molar-refractivity contribution in [1.29, 1.82) is 0 Å². The van der Waals surface area contributed by atoms with Crippen molar-refractivity contribution in [2.75, 3.05) is 36.1 Å². The van der Waals surface area contributed by atoms with Crippen LogP contribution in [0.1, 0.15) is 41.0 Å². The number of sulfonamides is 1. The van der Waals surface area contributed by atoms with E-state index in [1.54, 1.807) is 0 Å². The van der Waals surface area contributed by atoms with Gasteiger partial charge < -0.3 is 10.2 Å². The first-order chi connectivity index (χ1) is 11.5. The monoisotopic (exact) mass is 369 g/mol. The van der Waals surface area contributed by atoms with Crippen molar-refractivity contribution in [3.8, 4) is 0 Å². The topological polar surface area (TPSA) is 69.7 Å². The van der Waals surface area contributed by atoms with E-state index < -0.39 is 15.6 Å². The average Bonchev–Trinajstić information content (AvgIpc) is 2.47. The van der Waals surface area contributed by atoms with E-state index in [-0.39, 0.29) is 18.9 Å². The molecule has 1 N–H and O–H groups in total. The zero-order valence-corrected chi connectivity index (χ0v) is 17.0. The number of benzene rings is 1. The van der Waals surface area contributed by atoms with Crippen molar-refractivity contribution in [3.05, 3.63) is 24.3 Å². The molecule has 1 rings (SSSR count). The molecule has 1 amide bonds. The molecule has 25 heavy (non-hydrogen) atoms. The Kier molecular flexibility index (Phi) is 7.44. The molecule has 0 fully saturated rings. The Labute approximate surface area is 152 Å². The van der Waals surface area contributed by atoms with Crippen LogP contribution in [0.3, 0.4) is 0 Å². The normalized spacial score (nSPS) is 12.3. The van der Waals surface area contributed by atoms with Gasteiger partial charge in [0, 0.05) is 43.0 Å². The minimum absolute atomic E-state index is 0.113. The van der Waals surface area contributed by atoms with Gasteiger partial charge in [0.1, 0.15) is 0 Å². The second-order valence-electron chi connectivity index (χ2n) is 7.02. The molecule has 0 aliphatic rings. The maximum Gasteiger partial charge on any atom is 0.225 e. The number of nitrogens with one attached hydrogen (secondary N) is 1. The van der Waals surface area contributed by atoms with Gasteiger partial charge in [-0.25, -0.2) is 8.42 Å². The molecular weight excluding hydrogens is 338 g/mol. The number of hydrogen-bond donors (Lipinski definition) is 1. The number of nitrogens with zero attached hydrogens (tertiary/aromatic N) is 2. The number of amides is 1. The predicted molar refractivity (Wildman–Crippen MR) is 105 cm³/mol. The Morgan fingerprint density at radius 1 is 1.08 bits per heavy atom. The minimum atomic E-state index is -3.36. The molecule has 0 saturated heterocycles. The Hall–Kier alpha value is -1.60. The zero-order chi connectivity index (χ0) is 19.3. The molecule has 0 aliphatic carbocycles. The van der Waals surface area contributed by atoms with Gasteiger partial charge >= 0.3 is 0 Å². The summed E-state index contributed by atoms with van der Waals surface area (Å²) in [5.74, 6) is -0.200. The number of anilines is 2. The quantitative estimate of drug-likeness (QED) is 0.765. The second-order valence-corrected chi connectivity index (χ2v) is 8.93. The average molecular weight is 370 g/mol. The van der Waals surface area contributed by atoms with Gasteiger partial charge in [-0.2, -0.15) is 4.31 Å². The highest BCUT2D eigenvalue weighted by Gasteiger charge is 2.29. The van der Waals surface area contributed by atoms with Crippen molar-refractivity contribution in [2.45, 2.75) is 46.6 Å². The number of rotatable bonds is 8. The van der Waals surface area contributed by atoms with Crippen molar-refractivity contribution < 1.29 is 13.2 Å². The van der Waals surface area contributed by atoms with Crippen molar-refractivity contribution in [1.82, 2.24) is 4.31 Å². The summed E-state index contributed by atoms with van der Waals surface area (Å²) < 4.78 is 25.1. The van der Waals surface area contributed by atoms with Crippen LogP contribution >= 0.6 is 0 Å². The maximum absolute atomic E-state index is 12.2. The van der Waals surface area contributed by atoms with Crippen LogP contribution in [-0.4, -0.2) is 50.1 Å². The van der Waals surface area contributed by atoms with Crippen LogP contribution in [0.5, 0.6) is 0 Å². The van der Waals surface area contributed by atoms with E-state index in [4.69, 9.17) is 0 Å². The Morgan fingerprint density at radius 2 is 1.60 bits per heavy atom. The fraction of sp³-hybridized carbons (Fsp3) is 0.611. The summed E-state index contributed by atoms with van der Waals surface area (Å²) in [5.41, 5.74) is 1.26. The molecule has 0 heterocycles. The highest BCUT2D eigenvalue weighted by molar-refractivity contribution is 7.88. The van der Waals surface area contributed by atoms with Gasteiger partial charge in [-0.15, -0.1) is 0 Å². The van der Waals surface area contributed by atoms with Crippen LogP contribution in [0.25, 0.3) is 0 Å². The number of carbonyl (C=O) groups excluding carboxylic acids is 1. The first-order valence-electron chi connectivity index (χ1n) is 8.61. The third-order valence-corrected chi connectivity index (χ3v) is 5.50. The van der Waals surface area contributed by atoms with Crippen LogP contribution < -0.4 is 10.2 Å². The third-order valence-electron chi connectivity index (χ3n) is 3.97. The summed E-state index contributed by atoms with van der Waals surface area (Å²) >= 11 is 0.